The third kappa shape index (κ3) is 1.03. The summed E-state index contributed by atoms with van der Waals surface area (Å²) in [6.07, 6.45) is 3.77. The first-order valence-electron chi connectivity index (χ1n) is 2.39. The van der Waals surface area contributed by atoms with Crippen LogP contribution in [0, 0.1) is 6.92 Å². The Hall–Kier alpha value is -0.920. The van der Waals surface area contributed by atoms with E-state index in [4.69, 9.17) is 6.92 Å². The third-order valence-electron chi connectivity index (χ3n) is 0.802. The first kappa shape index (κ1) is 5.22. The van der Waals surface area contributed by atoms with Crippen molar-refractivity contribution in [1.82, 2.24) is 9.97 Å². The second-order valence-corrected chi connectivity index (χ2v) is 1.37. The highest BCUT2D eigenvalue weighted by atomic mass is 14.8. The molecule has 0 aliphatic carbocycles. The molecule has 0 N–H and O–H groups in total. The van der Waals surface area contributed by atoms with Gasteiger partial charge in [-0.25, -0.2) is 9.97 Å². The first-order valence-corrected chi connectivity index (χ1v) is 2.39. The molecule has 0 bridgehead atoms. The van der Waals surface area contributed by atoms with E-state index in [0.29, 0.717) is 12.2 Å². The van der Waals surface area contributed by atoms with Crippen molar-refractivity contribution in [3.8, 4) is 0 Å². The minimum Gasteiger partial charge on any atom is -0.241 e. The van der Waals surface area contributed by atoms with Crippen LogP contribution in [0.25, 0.3) is 0 Å². The molecule has 0 unspecified atom stereocenters. The molecule has 0 saturated carbocycles. The summed E-state index contributed by atoms with van der Waals surface area (Å²) in [7, 11) is 0. The zero-order valence-electron chi connectivity index (χ0n) is 4.41. The number of hydrogen-bond donors (Lipinski definition) is 0. The van der Waals surface area contributed by atoms with Crippen molar-refractivity contribution in [3.05, 3.63) is 31.2 Å². The van der Waals surface area contributed by atoms with E-state index < -0.39 is 0 Å². The van der Waals surface area contributed by atoms with Gasteiger partial charge in [-0.2, -0.15) is 0 Å². The quantitative estimate of drug-likeness (QED) is 0.527. The zero-order valence-corrected chi connectivity index (χ0v) is 4.41. The lowest BCUT2D eigenvalue weighted by Gasteiger charge is -1.87. The van der Waals surface area contributed by atoms with Crippen LogP contribution in [0.15, 0.2) is 18.5 Å². The molecule has 1 aromatic heterocycles. The molecule has 1 rings (SSSR count). The van der Waals surface area contributed by atoms with Crippen molar-refractivity contribution in [1.29, 1.82) is 0 Å². The van der Waals surface area contributed by atoms with Crippen molar-refractivity contribution in [2.45, 2.75) is 6.42 Å². The zero-order chi connectivity index (χ0) is 5.82. The van der Waals surface area contributed by atoms with Crippen molar-refractivity contribution in [3.63, 3.8) is 0 Å². The van der Waals surface area contributed by atoms with Crippen molar-refractivity contribution < 1.29 is 0 Å². The highest BCUT2D eigenvalue weighted by Gasteiger charge is 1.83. The standard InChI is InChI=1S/C6H6N2/c1-2-6-7-4-3-5-8-6/h1,3-5H,2H2. The van der Waals surface area contributed by atoms with Crippen LogP contribution in [0.5, 0.6) is 0 Å². The second-order valence-electron chi connectivity index (χ2n) is 1.37. The summed E-state index contributed by atoms with van der Waals surface area (Å²) in [5, 5.41) is 0. The van der Waals surface area contributed by atoms with E-state index in [1.165, 1.54) is 0 Å². The number of nitrogens with zero attached hydrogens (tertiary/aromatic N) is 2. The van der Waals surface area contributed by atoms with Crippen LogP contribution in [-0.2, 0) is 6.42 Å². The van der Waals surface area contributed by atoms with Crippen LogP contribution in [0.4, 0.5) is 0 Å². The molecule has 0 aromatic carbocycles. The highest BCUT2D eigenvalue weighted by Crippen LogP contribution is 1.84. The van der Waals surface area contributed by atoms with E-state index >= 15 is 0 Å². The van der Waals surface area contributed by atoms with Crippen LogP contribution in [0.1, 0.15) is 5.82 Å². The predicted octanol–water partition coefficient (Wildman–Crippen LogP) is 0.730. The molecule has 2 radical (unpaired) electrons. The molecule has 0 saturated heterocycles. The maximum atomic E-state index is 5.22. The summed E-state index contributed by atoms with van der Waals surface area (Å²) < 4.78 is 0. The Bertz CT molecular complexity index is 148. The number of rotatable bonds is 1. The van der Waals surface area contributed by atoms with Gasteiger partial charge in [-0.3, -0.25) is 0 Å². The SMILES string of the molecule is [CH]Cc1ncccn1. The summed E-state index contributed by atoms with van der Waals surface area (Å²) in [5.74, 6) is 0.688. The lowest BCUT2D eigenvalue weighted by Crippen LogP contribution is -1.87. The number of hydrogen-bond acceptors (Lipinski definition) is 2. The molecular weight excluding hydrogens is 100 g/mol. The second kappa shape index (κ2) is 2.40. The van der Waals surface area contributed by atoms with E-state index in [9.17, 15) is 0 Å². The van der Waals surface area contributed by atoms with Gasteiger partial charge in [0, 0.05) is 18.8 Å². The van der Waals surface area contributed by atoms with E-state index in [-0.39, 0.29) is 0 Å². The van der Waals surface area contributed by atoms with Gasteiger partial charge in [0.25, 0.3) is 0 Å². The normalized spacial score (nSPS) is 9.12. The molecule has 0 amide bonds. The predicted molar refractivity (Wildman–Crippen MR) is 30.0 cm³/mol. The molecule has 2 nitrogen and oxygen atoms in total. The van der Waals surface area contributed by atoms with E-state index in [0.717, 1.165) is 0 Å². The number of aromatic nitrogens is 2. The molecule has 0 fully saturated rings. The van der Waals surface area contributed by atoms with Gasteiger partial charge in [-0.05, 0) is 13.0 Å². The van der Waals surface area contributed by atoms with Gasteiger partial charge in [0.15, 0.2) is 0 Å². The Kier molecular flexibility index (Phi) is 1.57. The maximum Gasteiger partial charge on any atom is 0.128 e. The monoisotopic (exact) mass is 106 g/mol. The Morgan fingerprint density at radius 1 is 1.38 bits per heavy atom. The van der Waals surface area contributed by atoms with Crippen LogP contribution < -0.4 is 0 Å². The summed E-state index contributed by atoms with van der Waals surface area (Å²) in [4.78, 5) is 7.72. The Balaban J connectivity index is 2.83. The van der Waals surface area contributed by atoms with E-state index in [2.05, 4.69) is 9.97 Å². The van der Waals surface area contributed by atoms with Gasteiger partial charge in [0.1, 0.15) is 5.82 Å². The van der Waals surface area contributed by atoms with Crippen LogP contribution >= 0.6 is 0 Å². The van der Waals surface area contributed by atoms with Crippen LogP contribution in [-0.4, -0.2) is 9.97 Å². The largest absolute Gasteiger partial charge is 0.241 e. The molecule has 0 aliphatic rings. The smallest absolute Gasteiger partial charge is 0.128 e. The van der Waals surface area contributed by atoms with E-state index in [1.807, 2.05) is 0 Å². The minimum absolute atomic E-state index is 0.418. The molecule has 1 heterocycles. The lowest BCUT2D eigenvalue weighted by molar-refractivity contribution is 0.988. The molecule has 0 aliphatic heterocycles. The summed E-state index contributed by atoms with van der Waals surface area (Å²) in [6.45, 7) is 5.22. The Labute approximate surface area is 48.6 Å². The molecule has 0 spiro atoms. The maximum absolute atomic E-state index is 5.22. The first-order chi connectivity index (χ1) is 3.93. The molecule has 40 valence electrons. The lowest BCUT2D eigenvalue weighted by atomic mass is 10.4. The molecular formula is C6H6N2. The van der Waals surface area contributed by atoms with Gasteiger partial charge in [0.05, 0.1) is 0 Å². The van der Waals surface area contributed by atoms with Gasteiger partial charge in [-0.1, -0.05) is 0 Å². The third-order valence-corrected chi connectivity index (χ3v) is 0.802. The minimum atomic E-state index is 0.418. The average Bonchev–Trinajstić information content (AvgIpc) is 1.90. The van der Waals surface area contributed by atoms with Gasteiger partial charge in [0.2, 0.25) is 0 Å². The molecule has 1 aromatic rings. The summed E-state index contributed by atoms with van der Waals surface area (Å²) in [6, 6.07) is 1.76. The fourth-order valence-electron chi connectivity index (χ4n) is 0.435. The summed E-state index contributed by atoms with van der Waals surface area (Å²) in [5.41, 5.74) is 0. The molecule has 8 heavy (non-hydrogen) atoms. The average molecular weight is 106 g/mol. The summed E-state index contributed by atoms with van der Waals surface area (Å²) >= 11 is 0. The van der Waals surface area contributed by atoms with Crippen molar-refractivity contribution >= 4 is 0 Å². The fourth-order valence-corrected chi connectivity index (χ4v) is 0.435. The highest BCUT2D eigenvalue weighted by molar-refractivity contribution is 4.88. The van der Waals surface area contributed by atoms with Gasteiger partial charge >= 0.3 is 0 Å². The van der Waals surface area contributed by atoms with Crippen LogP contribution in [0.3, 0.4) is 0 Å². The van der Waals surface area contributed by atoms with Crippen molar-refractivity contribution in [2.75, 3.05) is 0 Å². The van der Waals surface area contributed by atoms with Gasteiger partial charge in [-0.15, -0.1) is 0 Å². The van der Waals surface area contributed by atoms with E-state index in [1.54, 1.807) is 18.5 Å². The van der Waals surface area contributed by atoms with Crippen LogP contribution in [0.2, 0.25) is 0 Å². The fraction of sp³-hybridized carbons (Fsp3) is 0.167. The molecule has 2 heteroatoms. The Morgan fingerprint density at radius 3 is 2.38 bits per heavy atom. The van der Waals surface area contributed by atoms with Gasteiger partial charge < -0.3 is 0 Å². The Morgan fingerprint density at radius 2 is 2.00 bits per heavy atom. The molecule has 0 atom stereocenters. The topological polar surface area (TPSA) is 25.8 Å². The van der Waals surface area contributed by atoms with Crippen molar-refractivity contribution in [2.24, 2.45) is 0 Å².